The van der Waals surface area contributed by atoms with Crippen molar-refractivity contribution in [2.24, 2.45) is 5.92 Å². The van der Waals surface area contributed by atoms with E-state index in [0.717, 1.165) is 25.7 Å². The Labute approximate surface area is 373 Å². The Morgan fingerprint density at radius 3 is 1.27 bits per heavy atom. The molecule has 0 aromatic heterocycles. The van der Waals surface area contributed by atoms with Crippen molar-refractivity contribution in [2.75, 3.05) is 59.3 Å². The van der Waals surface area contributed by atoms with Gasteiger partial charge >= 0.3 is 42.2 Å². The first kappa shape index (κ1) is 59.0. The lowest BCUT2D eigenvalue weighted by Crippen LogP contribution is -2.32. The number of nitrogens with one attached hydrogen (secondary N) is 3. The molecule has 63 heavy (non-hydrogen) atoms. The van der Waals surface area contributed by atoms with Crippen LogP contribution < -0.4 is 16.0 Å². The lowest BCUT2D eigenvalue weighted by atomic mass is 10.0. The van der Waals surface area contributed by atoms with Gasteiger partial charge in [-0.15, -0.1) is 0 Å². The minimum Gasteiger partial charge on any atom is -0.462 e. The molecule has 3 amide bonds. The number of esters is 4. The van der Waals surface area contributed by atoms with Crippen molar-refractivity contribution >= 4 is 42.2 Å². The monoisotopic (exact) mass is 889 g/mol. The van der Waals surface area contributed by atoms with Gasteiger partial charge in [-0.2, -0.15) is 0 Å². The van der Waals surface area contributed by atoms with Crippen LogP contribution in [0, 0.1) is 5.92 Å². The molecule has 0 heterocycles. The SMILES string of the molecule is C=C(C)C(=O)OCCNC(=O)OCCCC(C)CC.C=C(C)C(=O)OCCNC(=O)OCCCC(CC)OC(=O)NCCOC(=O)C(=C)C.C=C(C)C(=O)OCCc1ccccc1. The van der Waals surface area contributed by atoms with Crippen LogP contribution in [0.5, 0.6) is 0 Å². The predicted octanol–water partition coefficient (Wildman–Crippen LogP) is 7.24. The number of ether oxygens (including phenoxy) is 7. The van der Waals surface area contributed by atoms with Crippen molar-refractivity contribution < 1.29 is 66.7 Å². The zero-order valence-electron chi connectivity index (χ0n) is 38.4. The molecule has 0 aliphatic heterocycles. The summed E-state index contributed by atoms with van der Waals surface area (Å²) < 4.78 is 34.7. The maximum Gasteiger partial charge on any atom is 0.407 e. The lowest BCUT2D eigenvalue weighted by Gasteiger charge is -2.16. The molecular weight excluding hydrogens is 819 g/mol. The highest BCUT2D eigenvalue weighted by Gasteiger charge is 2.14. The van der Waals surface area contributed by atoms with Gasteiger partial charge in [0.1, 0.15) is 25.9 Å². The molecule has 1 rings (SSSR count). The molecule has 0 saturated heterocycles. The molecule has 0 bridgehead atoms. The van der Waals surface area contributed by atoms with Gasteiger partial charge in [-0.3, -0.25) is 0 Å². The Morgan fingerprint density at radius 2 is 0.889 bits per heavy atom. The van der Waals surface area contributed by atoms with Crippen molar-refractivity contribution in [3.8, 4) is 0 Å². The highest BCUT2D eigenvalue weighted by molar-refractivity contribution is 5.88. The van der Waals surface area contributed by atoms with Gasteiger partial charge in [0.15, 0.2) is 0 Å². The maximum absolute atomic E-state index is 11.7. The summed E-state index contributed by atoms with van der Waals surface area (Å²) in [6.45, 7) is 28.0. The molecule has 0 aliphatic carbocycles. The summed E-state index contributed by atoms with van der Waals surface area (Å²) in [5, 5.41) is 7.45. The molecule has 2 atom stereocenters. The predicted molar refractivity (Wildman–Crippen MR) is 238 cm³/mol. The number of carbonyl (C=O) groups is 7. The first-order valence-electron chi connectivity index (χ1n) is 20.9. The largest absolute Gasteiger partial charge is 0.462 e. The van der Waals surface area contributed by atoms with Crippen molar-refractivity contribution in [3.05, 3.63) is 84.5 Å². The van der Waals surface area contributed by atoms with Gasteiger partial charge in [-0.1, -0.05) is 83.8 Å². The number of amides is 3. The average molecular weight is 890 g/mol. The fraction of sp³-hybridized carbons (Fsp3) is 0.543. The number of alkyl carbamates (subject to hydrolysis) is 3. The van der Waals surface area contributed by atoms with Crippen LogP contribution in [0.25, 0.3) is 0 Å². The van der Waals surface area contributed by atoms with E-state index in [1.165, 1.54) is 19.4 Å². The van der Waals surface area contributed by atoms with E-state index in [0.29, 0.717) is 49.5 Å². The Morgan fingerprint density at radius 1 is 0.508 bits per heavy atom. The summed E-state index contributed by atoms with van der Waals surface area (Å²) in [5.41, 5.74) is 2.52. The van der Waals surface area contributed by atoms with E-state index < -0.39 is 36.2 Å². The summed E-state index contributed by atoms with van der Waals surface area (Å²) in [5.74, 6) is -1.15. The van der Waals surface area contributed by atoms with Gasteiger partial charge < -0.3 is 49.1 Å². The van der Waals surface area contributed by atoms with E-state index in [2.05, 4.69) is 56.1 Å². The summed E-state index contributed by atoms with van der Waals surface area (Å²) in [7, 11) is 0. The fourth-order valence-electron chi connectivity index (χ4n) is 4.21. The standard InChI is InChI=1S/C20H32N2O8.C14H25NO4.C12H14O2/c1-6-16(30-20(26)22-10-13-28-18(24)15(4)5)8-7-11-29-19(25)21-9-12-27-17(23)14(2)3;1-5-12(4)7-6-9-19-14(17)15-8-10-18-13(16)11(2)3;1-10(2)12(13)14-9-8-11-6-4-3-5-7-11/h16H,2,4,6-13H2,1,3,5H3,(H,21,25)(H,22,26);12H,2,5-10H2,1,3-4H3,(H,15,17);3-7H,1,8-9H2,2H3. The number of hydrogen-bond acceptors (Lipinski definition) is 14. The maximum atomic E-state index is 11.7. The summed E-state index contributed by atoms with van der Waals surface area (Å²) in [6, 6.07) is 9.92. The molecular formula is C46H71N3O14. The normalized spacial score (nSPS) is 10.8. The topological polar surface area (TPSA) is 220 Å². The Kier molecular flexibility index (Phi) is 35.2. The molecule has 2 unspecified atom stereocenters. The van der Waals surface area contributed by atoms with E-state index in [9.17, 15) is 33.6 Å². The Hall–Kier alpha value is -6.13. The van der Waals surface area contributed by atoms with Gasteiger partial charge in [-0.25, -0.2) is 33.6 Å². The van der Waals surface area contributed by atoms with E-state index in [1.807, 2.05) is 37.3 Å². The first-order chi connectivity index (χ1) is 29.8. The molecule has 3 N–H and O–H groups in total. The zero-order valence-corrected chi connectivity index (χ0v) is 38.4. The second-order valence-corrected chi connectivity index (χ2v) is 14.2. The molecule has 0 aliphatic rings. The molecule has 17 nitrogen and oxygen atoms in total. The molecule has 1 aromatic carbocycles. The average Bonchev–Trinajstić information content (AvgIpc) is 3.25. The summed E-state index contributed by atoms with van der Waals surface area (Å²) in [6.07, 6.45) is 3.37. The van der Waals surface area contributed by atoms with Crippen molar-refractivity contribution in [1.29, 1.82) is 0 Å². The summed E-state index contributed by atoms with van der Waals surface area (Å²) in [4.78, 5) is 78.9. The van der Waals surface area contributed by atoms with E-state index in [4.69, 9.17) is 33.2 Å². The van der Waals surface area contributed by atoms with Crippen molar-refractivity contribution in [1.82, 2.24) is 16.0 Å². The number of carbonyl (C=O) groups excluding carboxylic acids is 7. The second kappa shape index (κ2) is 37.6. The third kappa shape index (κ3) is 36.3. The van der Waals surface area contributed by atoms with Crippen LogP contribution in [0.3, 0.4) is 0 Å². The van der Waals surface area contributed by atoms with Crippen LogP contribution in [-0.4, -0.2) is 108 Å². The second-order valence-electron chi connectivity index (χ2n) is 14.2. The quantitative estimate of drug-likeness (QED) is 0.0343. The van der Waals surface area contributed by atoms with Gasteiger partial charge in [0.25, 0.3) is 0 Å². The molecule has 0 saturated carbocycles. The third-order valence-corrected chi connectivity index (χ3v) is 8.08. The first-order valence-corrected chi connectivity index (χ1v) is 20.9. The molecule has 1 aromatic rings. The molecule has 0 fully saturated rings. The van der Waals surface area contributed by atoms with Gasteiger partial charge in [0.2, 0.25) is 0 Å². The highest BCUT2D eigenvalue weighted by atomic mass is 16.6. The number of benzene rings is 1. The number of hydrogen-bond donors (Lipinski definition) is 3. The molecule has 17 heteroatoms. The van der Waals surface area contributed by atoms with Crippen LogP contribution in [-0.2, 0) is 58.8 Å². The molecule has 0 spiro atoms. The molecule has 354 valence electrons. The summed E-state index contributed by atoms with van der Waals surface area (Å²) >= 11 is 0. The van der Waals surface area contributed by atoms with Crippen LogP contribution in [0.2, 0.25) is 0 Å². The minimum atomic E-state index is -0.627. The van der Waals surface area contributed by atoms with Crippen molar-refractivity contribution in [2.45, 2.75) is 99.5 Å². The van der Waals surface area contributed by atoms with E-state index in [-0.39, 0.29) is 69.3 Å². The van der Waals surface area contributed by atoms with Crippen LogP contribution in [0.4, 0.5) is 14.4 Å². The smallest absolute Gasteiger partial charge is 0.407 e. The third-order valence-electron chi connectivity index (χ3n) is 8.08. The number of rotatable bonds is 27. The van der Waals surface area contributed by atoms with Gasteiger partial charge in [-0.05, 0) is 71.3 Å². The minimum absolute atomic E-state index is 0.0208. The van der Waals surface area contributed by atoms with E-state index in [1.54, 1.807) is 13.8 Å². The molecule has 0 radical (unpaired) electrons. The Bertz CT molecular complexity index is 1600. The van der Waals surface area contributed by atoms with Crippen LogP contribution >= 0.6 is 0 Å². The zero-order chi connectivity index (χ0) is 48.0. The van der Waals surface area contributed by atoms with Crippen molar-refractivity contribution in [3.63, 3.8) is 0 Å². The van der Waals surface area contributed by atoms with Crippen LogP contribution in [0.1, 0.15) is 92.6 Å². The lowest BCUT2D eigenvalue weighted by molar-refractivity contribution is -0.139. The van der Waals surface area contributed by atoms with Crippen LogP contribution in [0.15, 0.2) is 78.9 Å². The van der Waals surface area contributed by atoms with Gasteiger partial charge in [0.05, 0.1) is 39.5 Å². The van der Waals surface area contributed by atoms with E-state index >= 15 is 0 Å². The fourth-order valence-corrected chi connectivity index (χ4v) is 4.21. The Balaban J connectivity index is 0. The highest BCUT2D eigenvalue weighted by Crippen LogP contribution is 2.09. The van der Waals surface area contributed by atoms with Gasteiger partial charge in [0, 0.05) is 28.7 Å².